The summed E-state index contributed by atoms with van der Waals surface area (Å²) in [4.78, 5) is 0. The van der Waals surface area contributed by atoms with Crippen LogP contribution in [0.2, 0.25) is 0 Å². The van der Waals surface area contributed by atoms with Crippen LogP contribution in [0.3, 0.4) is 0 Å². The largest absolute Gasteiger partial charge is 0.394 e. The van der Waals surface area contributed by atoms with E-state index in [0.29, 0.717) is 0 Å². The molecule has 3 fully saturated rings. The Morgan fingerprint density at radius 2 is 1.76 bits per heavy atom. The summed E-state index contributed by atoms with van der Waals surface area (Å²) in [5, 5.41) is 40.1. The van der Waals surface area contributed by atoms with Crippen molar-refractivity contribution in [2.24, 2.45) is 5.73 Å². The number of fused-ring (bicyclic) bond motifs is 1. The Balaban J connectivity index is 1.52. The van der Waals surface area contributed by atoms with Gasteiger partial charge in [0.15, 0.2) is 18.4 Å². The van der Waals surface area contributed by atoms with Crippen molar-refractivity contribution in [1.82, 2.24) is 0 Å². The smallest absolute Gasteiger partial charge is 0.187 e. The summed E-state index contributed by atoms with van der Waals surface area (Å²) in [6, 6.07) is 8.66. The molecule has 10 atom stereocenters. The van der Waals surface area contributed by atoms with Crippen LogP contribution in [0.1, 0.15) is 19.4 Å². The highest BCUT2D eigenvalue weighted by molar-refractivity contribution is 5.13. The lowest BCUT2D eigenvalue weighted by atomic mass is 9.94. The van der Waals surface area contributed by atoms with Crippen LogP contribution < -0.4 is 5.73 Å². The molecule has 3 saturated heterocycles. The highest BCUT2D eigenvalue weighted by Crippen LogP contribution is 2.35. The third-order valence-corrected chi connectivity index (χ3v) is 6.10. The lowest BCUT2D eigenvalue weighted by Crippen LogP contribution is -2.69. The fourth-order valence-electron chi connectivity index (χ4n) is 4.25. The summed E-state index contributed by atoms with van der Waals surface area (Å²) >= 11 is 0. The summed E-state index contributed by atoms with van der Waals surface area (Å²) in [5.74, 6) is -0.932. The van der Waals surface area contributed by atoms with E-state index in [0.717, 1.165) is 5.56 Å². The molecule has 0 aliphatic carbocycles. The molecule has 3 heterocycles. The van der Waals surface area contributed by atoms with E-state index in [1.807, 2.05) is 30.3 Å². The summed E-state index contributed by atoms with van der Waals surface area (Å²) in [6.07, 6.45) is -10.2. The summed E-state index contributed by atoms with van der Waals surface area (Å²) in [7, 11) is 0. The lowest BCUT2D eigenvalue weighted by Gasteiger charge is -2.51. The Kier molecular flexibility index (Phi) is 7.68. The zero-order chi connectivity index (χ0) is 23.8. The normalized spacial score (nSPS) is 43.1. The zero-order valence-corrected chi connectivity index (χ0v) is 18.6. The first kappa shape index (κ1) is 24.9. The average Bonchev–Trinajstić information content (AvgIpc) is 2.80. The fraction of sp³-hybridized carbons (Fsp3) is 0.727. The van der Waals surface area contributed by atoms with E-state index in [-0.39, 0.29) is 13.2 Å². The van der Waals surface area contributed by atoms with Crippen LogP contribution in [-0.4, -0.2) is 101 Å². The van der Waals surface area contributed by atoms with Gasteiger partial charge in [0.2, 0.25) is 0 Å². The average molecular weight is 472 g/mol. The van der Waals surface area contributed by atoms with Crippen molar-refractivity contribution in [3.63, 3.8) is 0 Å². The SMILES string of the molecule is CC1(C)OCC2OC(OCc3ccccc3)C(N)C(OC3OC(CO)C(O)C(O)C3O)C2O1. The molecule has 0 radical (unpaired) electrons. The van der Waals surface area contributed by atoms with Gasteiger partial charge >= 0.3 is 0 Å². The molecule has 0 spiro atoms. The molecule has 11 nitrogen and oxygen atoms in total. The summed E-state index contributed by atoms with van der Waals surface area (Å²) < 4.78 is 35.3. The standard InChI is InChI=1S/C22H33NO10/c1-22(2)29-10-13-18(33-22)19(32-21-17(27)16(26)15(25)12(8-24)30-21)14(23)20(31-13)28-9-11-6-4-3-5-7-11/h3-7,12-21,24-27H,8-10,23H2,1-2H3. The number of ether oxygens (including phenoxy) is 6. The minimum absolute atomic E-state index is 0.199. The molecular weight excluding hydrogens is 438 g/mol. The third-order valence-electron chi connectivity index (χ3n) is 6.10. The first-order valence-corrected chi connectivity index (χ1v) is 11.0. The van der Waals surface area contributed by atoms with E-state index < -0.39 is 73.7 Å². The van der Waals surface area contributed by atoms with Gasteiger partial charge < -0.3 is 54.6 Å². The van der Waals surface area contributed by atoms with E-state index in [4.69, 9.17) is 34.2 Å². The monoisotopic (exact) mass is 471 g/mol. The Hall–Kier alpha value is -1.22. The Morgan fingerprint density at radius 3 is 2.45 bits per heavy atom. The molecule has 1 aromatic rings. The maximum absolute atomic E-state index is 10.4. The molecule has 6 N–H and O–H groups in total. The van der Waals surface area contributed by atoms with Crippen molar-refractivity contribution in [2.45, 2.75) is 87.6 Å². The molecule has 0 amide bonds. The number of hydrogen-bond donors (Lipinski definition) is 5. The molecule has 3 aliphatic rings. The highest BCUT2D eigenvalue weighted by Gasteiger charge is 2.54. The third kappa shape index (κ3) is 5.39. The van der Waals surface area contributed by atoms with Crippen LogP contribution in [0, 0.1) is 0 Å². The van der Waals surface area contributed by atoms with Crippen LogP contribution in [0.5, 0.6) is 0 Å². The fourth-order valence-corrected chi connectivity index (χ4v) is 4.25. The van der Waals surface area contributed by atoms with E-state index in [9.17, 15) is 20.4 Å². The van der Waals surface area contributed by atoms with Crippen molar-refractivity contribution in [1.29, 1.82) is 0 Å². The van der Waals surface area contributed by atoms with E-state index in [1.165, 1.54) is 0 Å². The molecule has 0 aromatic heterocycles. The van der Waals surface area contributed by atoms with Crippen LogP contribution in [0.25, 0.3) is 0 Å². The maximum Gasteiger partial charge on any atom is 0.187 e. The Labute approximate surface area is 191 Å². The van der Waals surface area contributed by atoms with Gasteiger partial charge in [-0.3, -0.25) is 0 Å². The van der Waals surface area contributed by atoms with Crippen molar-refractivity contribution >= 4 is 0 Å². The second-order valence-corrected chi connectivity index (χ2v) is 9.01. The van der Waals surface area contributed by atoms with Crippen molar-refractivity contribution < 1.29 is 48.8 Å². The van der Waals surface area contributed by atoms with Crippen LogP contribution in [-0.2, 0) is 35.0 Å². The number of nitrogens with two attached hydrogens (primary N) is 1. The molecular formula is C22H33NO10. The van der Waals surface area contributed by atoms with Gasteiger partial charge in [-0.2, -0.15) is 0 Å². The molecule has 10 unspecified atom stereocenters. The van der Waals surface area contributed by atoms with Gasteiger partial charge in [0, 0.05) is 0 Å². The topological polar surface area (TPSA) is 162 Å². The first-order valence-electron chi connectivity index (χ1n) is 11.0. The predicted molar refractivity (Wildman–Crippen MR) is 111 cm³/mol. The van der Waals surface area contributed by atoms with Gasteiger partial charge in [0.25, 0.3) is 0 Å². The molecule has 186 valence electrons. The van der Waals surface area contributed by atoms with Crippen molar-refractivity contribution in [3.8, 4) is 0 Å². The van der Waals surface area contributed by atoms with Crippen molar-refractivity contribution in [3.05, 3.63) is 35.9 Å². The van der Waals surface area contributed by atoms with Gasteiger partial charge in [0.05, 0.1) is 25.9 Å². The second-order valence-electron chi connectivity index (χ2n) is 9.01. The number of aliphatic hydroxyl groups is 4. The van der Waals surface area contributed by atoms with Crippen LogP contribution >= 0.6 is 0 Å². The van der Waals surface area contributed by atoms with Crippen LogP contribution in [0.15, 0.2) is 30.3 Å². The van der Waals surface area contributed by atoms with Gasteiger partial charge in [0.1, 0.15) is 42.7 Å². The van der Waals surface area contributed by atoms with Crippen LogP contribution in [0.4, 0.5) is 0 Å². The summed E-state index contributed by atoms with van der Waals surface area (Å²) in [6.45, 7) is 3.37. The summed E-state index contributed by atoms with van der Waals surface area (Å²) in [5.41, 5.74) is 7.41. The predicted octanol–water partition coefficient (Wildman–Crippen LogP) is -1.41. The quantitative estimate of drug-likeness (QED) is 0.331. The molecule has 4 rings (SSSR count). The van der Waals surface area contributed by atoms with E-state index in [1.54, 1.807) is 13.8 Å². The number of aliphatic hydroxyl groups excluding tert-OH is 4. The molecule has 3 aliphatic heterocycles. The second kappa shape index (κ2) is 10.2. The number of rotatable bonds is 6. The minimum atomic E-state index is -1.58. The van der Waals surface area contributed by atoms with Gasteiger partial charge in [-0.25, -0.2) is 0 Å². The molecule has 1 aromatic carbocycles. The van der Waals surface area contributed by atoms with Gasteiger partial charge in [-0.15, -0.1) is 0 Å². The molecule has 0 bridgehead atoms. The molecule has 11 heteroatoms. The number of benzene rings is 1. The Bertz CT molecular complexity index is 765. The lowest BCUT2D eigenvalue weighted by molar-refractivity contribution is -0.392. The van der Waals surface area contributed by atoms with E-state index >= 15 is 0 Å². The Morgan fingerprint density at radius 1 is 1.03 bits per heavy atom. The minimum Gasteiger partial charge on any atom is -0.394 e. The van der Waals surface area contributed by atoms with Crippen molar-refractivity contribution in [2.75, 3.05) is 13.2 Å². The van der Waals surface area contributed by atoms with E-state index in [2.05, 4.69) is 0 Å². The molecule has 33 heavy (non-hydrogen) atoms. The first-order chi connectivity index (χ1) is 15.7. The molecule has 0 saturated carbocycles. The highest BCUT2D eigenvalue weighted by atomic mass is 16.8. The van der Waals surface area contributed by atoms with Gasteiger partial charge in [-0.05, 0) is 19.4 Å². The maximum atomic E-state index is 10.4. The number of hydrogen-bond acceptors (Lipinski definition) is 11. The van der Waals surface area contributed by atoms with Gasteiger partial charge in [-0.1, -0.05) is 30.3 Å². The zero-order valence-electron chi connectivity index (χ0n) is 18.6.